The minimum Gasteiger partial charge on any atom is -0.480 e. The van der Waals surface area contributed by atoms with Crippen LogP contribution in [0, 0.1) is 5.92 Å². The summed E-state index contributed by atoms with van der Waals surface area (Å²) in [4.78, 5) is 13.4. The zero-order valence-corrected chi connectivity index (χ0v) is 9.98. The van der Waals surface area contributed by atoms with Crippen molar-refractivity contribution in [3.05, 3.63) is 0 Å². The van der Waals surface area contributed by atoms with Gasteiger partial charge in [-0.15, -0.1) is 0 Å². The summed E-state index contributed by atoms with van der Waals surface area (Å²) in [5.74, 6) is 0.0250. The number of carboxylic acid groups (broad SMARTS) is 1. The van der Waals surface area contributed by atoms with Crippen molar-refractivity contribution in [2.45, 2.75) is 44.7 Å². The maximum atomic E-state index is 11.2. The zero-order chi connectivity index (χ0) is 11.5. The molecule has 0 radical (unpaired) electrons. The Balaban J connectivity index is 2.01. The molecule has 2 aliphatic rings. The highest BCUT2D eigenvalue weighted by Gasteiger charge is 2.35. The molecule has 1 heterocycles. The molecule has 1 saturated heterocycles. The number of hydrogen-bond acceptors (Lipinski definition) is 3. The molecule has 4 heteroatoms. The number of aliphatic carboxylic acids is 1. The second kappa shape index (κ2) is 5.15. The molecule has 2 unspecified atom stereocenters. The van der Waals surface area contributed by atoms with Gasteiger partial charge in [-0.25, -0.2) is 0 Å². The predicted molar refractivity (Wildman–Crippen MR) is 62.4 cm³/mol. The summed E-state index contributed by atoms with van der Waals surface area (Å²) < 4.78 is 0. The molecule has 0 aromatic heterocycles. The van der Waals surface area contributed by atoms with E-state index < -0.39 is 5.97 Å². The van der Waals surface area contributed by atoms with Crippen LogP contribution in [-0.2, 0) is 4.79 Å². The summed E-state index contributed by atoms with van der Waals surface area (Å²) >= 11 is 0. The monoisotopic (exact) mass is 226 g/mol. The number of hydrogen-bond donors (Lipinski definition) is 2. The summed E-state index contributed by atoms with van der Waals surface area (Å²) in [5.41, 5.74) is 0. The SMILES string of the molecule is CC(C1CCCC1)N1CCNCC1C(=O)O. The number of carboxylic acids is 1. The lowest BCUT2D eigenvalue weighted by Crippen LogP contribution is -2.58. The highest BCUT2D eigenvalue weighted by atomic mass is 16.4. The van der Waals surface area contributed by atoms with E-state index in [0.29, 0.717) is 18.5 Å². The predicted octanol–water partition coefficient (Wildman–Crippen LogP) is 0.923. The van der Waals surface area contributed by atoms with E-state index in [2.05, 4.69) is 17.1 Å². The molecule has 2 atom stereocenters. The molecule has 92 valence electrons. The van der Waals surface area contributed by atoms with E-state index in [9.17, 15) is 9.90 Å². The third kappa shape index (κ3) is 2.38. The Morgan fingerprint density at radius 2 is 2.12 bits per heavy atom. The smallest absolute Gasteiger partial charge is 0.322 e. The Kier molecular flexibility index (Phi) is 3.82. The summed E-state index contributed by atoms with van der Waals surface area (Å²) in [6.45, 7) is 4.58. The van der Waals surface area contributed by atoms with Crippen LogP contribution in [0.3, 0.4) is 0 Å². The van der Waals surface area contributed by atoms with Gasteiger partial charge in [0.15, 0.2) is 0 Å². The Bertz CT molecular complexity index is 251. The molecule has 16 heavy (non-hydrogen) atoms. The van der Waals surface area contributed by atoms with E-state index in [1.165, 1.54) is 25.7 Å². The zero-order valence-electron chi connectivity index (χ0n) is 9.98. The van der Waals surface area contributed by atoms with Gasteiger partial charge >= 0.3 is 5.97 Å². The van der Waals surface area contributed by atoms with Gasteiger partial charge in [-0.2, -0.15) is 0 Å². The molecular weight excluding hydrogens is 204 g/mol. The lowest BCUT2D eigenvalue weighted by molar-refractivity contribution is -0.145. The Morgan fingerprint density at radius 3 is 2.75 bits per heavy atom. The molecule has 4 nitrogen and oxygen atoms in total. The maximum Gasteiger partial charge on any atom is 0.322 e. The third-order valence-corrected chi connectivity index (χ3v) is 4.18. The number of nitrogens with one attached hydrogen (secondary N) is 1. The molecule has 0 bridgehead atoms. The standard InChI is InChI=1S/C12H22N2O2/c1-9(10-4-2-3-5-10)14-7-6-13-8-11(14)12(15)16/h9-11,13H,2-8H2,1H3,(H,15,16). The first-order valence-corrected chi connectivity index (χ1v) is 6.39. The lowest BCUT2D eigenvalue weighted by Gasteiger charge is -2.40. The van der Waals surface area contributed by atoms with Gasteiger partial charge < -0.3 is 10.4 Å². The normalized spacial score (nSPS) is 30.4. The van der Waals surface area contributed by atoms with Crippen molar-refractivity contribution in [1.29, 1.82) is 0 Å². The van der Waals surface area contributed by atoms with Crippen LogP contribution in [0.2, 0.25) is 0 Å². The first kappa shape index (κ1) is 11.9. The van der Waals surface area contributed by atoms with E-state index in [0.717, 1.165) is 13.1 Å². The van der Waals surface area contributed by atoms with Gasteiger partial charge in [0, 0.05) is 25.7 Å². The van der Waals surface area contributed by atoms with Crippen molar-refractivity contribution in [1.82, 2.24) is 10.2 Å². The van der Waals surface area contributed by atoms with E-state index in [1.807, 2.05) is 0 Å². The fourth-order valence-corrected chi connectivity index (χ4v) is 3.15. The summed E-state index contributed by atoms with van der Waals surface area (Å²) in [5, 5.41) is 12.4. The van der Waals surface area contributed by atoms with E-state index in [1.54, 1.807) is 0 Å². The third-order valence-electron chi connectivity index (χ3n) is 4.18. The average Bonchev–Trinajstić information content (AvgIpc) is 2.81. The topological polar surface area (TPSA) is 52.6 Å². The summed E-state index contributed by atoms with van der Waals surface area (Å²) in [6.07, 6.45) is 5.19. The van der Waals surface area contributed by atoms with Gasteiger partial charge in [-0.3, -0.25) is 9.69 Å². The number of piperazine rings is 1. The molecule has 1 saturated carbocycles. The van der Waals surface area contributed by atoms with Crippen LogP contribution in [0.1, 0.15) is 32.6 Å². The highest BCUT2D eigenvalue weighted by Crippen LogP contribution is 2.31. The van der Waals surface area contributed by atoms with Crippen molar-refractivity contribution in [3.63, 3.8) is 0 Å². The van der Waals surface area contributed by atoms with Crippen LogP contribution in [-0.4, -0.2) is 47.7 Å². The lowest BCUT2D eigenvalue weighted by atomic mass is 9.96. The van der Waals surface area contributed by atoms with Crippen molar-refractivity contribution in [2.24, 2.45) is 5.92 Å². The first-order chi connectivity index (χ1) is 7.70. The molecule has 1 aliphatic carbocycles. The molecule has 0 aromatic carbocycles. The van der Waals surface area contributed by atoms with Gasteiger partial charge in [0.05, 0.1) is 0 Å². The fourth-order valence-electron chi connectivity index (χ4n) is 3.15. The quantitative estimate of drug-likeness (QED) is 0.751. The maximum absolute atomic E-state index is 11.2. The van der Waals surface area contributed by atoms with Crippen molar-refractivity contribution < 1.29 is 9.90 Å². The van der Waals surface area contributed by atoms with Gasteiger partial charge in [-0.1, -0.05) is 12.8 Å². The largest absolute Gasteiger partial charge is 0.480 e. The van der Waals surface area contributed by atoms with Crippen LogP contribution >= 0.6 is 0 Å². The van der Waals surface area contributed by atoms with Crippen LogP contribution in [0.4, 0.5) is 0 Å². The van der Waals surface area contributed by atoms with Gasteiger partial charge in [0.25, 0.3) is 0 Å². The minimum absolute atomic E-state index is 0.329. The van der Waals surface area contributed by atoms with Gasteiger partial charge in [0.2, 0.25) is 0 Å². The van der Waals surface area contributed by atoms with E-state index in [-0.39, 0.29) is 6.04 Å². The van der Waals surface area contributed by atoms with Crippen LogP contribution in [0.15, 0.2) is 0 Å². The van der Waals surface area contributed by atoms with Crippen LogP contribution in [0.5, 0.6) is 0 Å². The minimum atomic E-state index is -0.683. The first-order valence-electron chi connectivity index (χ1n) is 6.39. The van der Waals surface area contributed by atoms with Crippen molar-refractivity contribution in [2.75, 3.05) is 19.6 Å². The Labute approximate surface area is 97.0 Å². The molecule has 2 rings (SSSR count). The molecule has 2 fully saturated rings. The number of rotatable bonds is 3. The van der Waals surface area contributed by atoms with Crippen molar-refractivity contribution in [3.8, 4) is 0 Å². The molecule has 0 aromatic rings. The van der Waals surface area contributed by atoms with E-state index >= 15 is 0 Å². The second-order valence-corrected chi connectivity index (χ2v) is 5.08. The van der Waals surface area contributed by atoms with Crippen molar-refractivity contribution >= 4 is 5.97 Å². The average molecular weight is 226 g/mol. The fraction of sp³-hybridized carbons (Fsp3) is 0.917. The van der Waals surface area contributed by atoms with Gasteiger partial charge in [-0.05, 0) is 25.7 Å². The second-order valence-electron chi connectivity index (χ2n) is 5.08. The van der Waals surface area contributed by atoms with Crippen LogP contribution < -0.4 is 5.32 Å². The van der Waals surface area contributed by atoms with E-state index in [4.69, 9.17) is 0 Å². The molecule has 1 aliphatic heterocycles. The number of nitrogens with zero attached hydrogens (tertiary/aromatic N) is 1. The van der Waals surface area contributed by atoms with Gasteiger partial charge in [0.1, 0.15) is 6.04 Å². The molecule has 0 amide bonds. The Morgan fingerprint density at radius 1 is 1.44 bits per heavy atom. The summed E-state index contributed by atoms with van der Waals surface area (Å²) in [7, 11) is 0. The molecule has 2 N–H and O–H groups in total. The highest BCUT2D eigenvalue weighted by molar-refractivity contribution is 5.74. The summed E-state index contributed by atoms with van der Waals surface area (Å²) in [6, 6.07) is 0.0926. The molecule has 0 spiro atoms. The number of carbonyl (C=O) groups is 1. The Hall–Kier alpha value is -0.610. The van der Waals surface area contributed by atoms with Crippen LogP contribution in [0.25, 0.3) is 0 Å². The molecular formula is C12H22N2O2.